The molecule has 0 aliphatic carbocycles. The number of nitrogens with zero attached hydrogens (tertiary/aromatic N) is 2. The molecule has 1 heterocycles. The van der Waals surface area contributed by atoms with Crippen LogP contribution in [-0.4, -0.2) is 59.6 Å². The Bertz CT molecular complexity index is 592. The van der Waals surface area contributed by atoms with Crippen LogP contribution >= 0.6 is 0 Å². The Labute approximate surface area is 137 Å². The van der Waals surface area contributed by atoms with E-state index in [0.29, 0.717) is 25.3 Å². The Balaban J connectivity index is 1.87. The minimum atomic E-state index is -0.203. The average Bonchev–Trinajstić information content (AvgIpc) is 2.49. The van der Waals surface area contributed by atoms with Gasteiger partial charge in [-0.05, 0) is 43.9 Å². The largest absolute Gasteiger partial charge is 0.507 e. The number of benzene rings is 1. The van der Waals surface area contributed by atoms with E-state index in [2.05, 4.69) is 5.32 Å². The van der Waals surface area contributed by atoms with Gasteiger partial charge in [0.05, 0.1) is 0 Å². The quantitative estimate of drug-likeness (QED) is 0.885. The molecule has 0 aromatic heterocycles. The summed E-state index contributed by atoms with van der Waals surface area (Å²) in [6, 6.07) is 3.68. The average molecular weight is 319 g/mol. The molecule has 1 fully saturated rings. The first-order valence-electron chi connectivity index (χ1n) is 7.87. The first-order chi connectivity index (χ1) is 10.8. The minimum Gasteiger partial charge on any atom is -0.507 e. The molecule has 1 aliphatic heterocycles. The number of piperazine rings is 1. The van der Waals surface area contributed by atoms with Crippen LogP contribution in [-0.2, 0) is 11.2 Å². The maximum atomic E-state index is 12.2. The van der Waals surface area contributed by atoms with Crippen LogP contribution in [0.5, 0.6) is 5.75 Å². The number of carbonyl (C=O) groups excluding carboxylic acids is 2. The standard InChI is InChI=1S/C17H25N3O3/c1-11-7-14(8-12(2)16(11)22)5-6-18-17(23)20-9-13(3)19(4)15(21)10-20/h7-8,13,22H,5-6,9-10H2,1-4H3,(H,18,23)/t13-/m0/s1. The van der Waals surface area contributed by atoms with Crippen molar-refractivity contribution in [1.29, 1.82) is 0 Å². The number of nitrogens with one attached hydrogen (secondary N) is 1. The topological polar surface area (TPSA) is 72.9 Å². The van der Waals surface area contributed by atoms with E-state index in [1.54, 1.807) is 16.8 Å². The molecule has 0 saturated carbocycles. The number of amides is 3. The van der Waals surface area contributed by atoms with Crippen LogP contribution in [0.2, 0.25) is 0 Å². The van der Waals surface area contributed by atoms with Crippen molar-refractivity contribution in [3.05, 3.63) is 28.8 Å². The van der Waals surface area contributed by atoms with Crippen LogP contribution in [0, 0.1) is 13.8 Å². The van der Waals surface area contributed by atoms with Crippen LogP contribution in [0.3, 0.4) is 0 Å². The number of carbonyl (C=O) groups is 2. The number of phenols is 1. The van der Waals surface area contributed by atoms with Crippen molar-refractivity contribution in [3.8, 4) is 5.75 Å². The van der Waals surface area contributed by atoms with Crippen molar-refractivity contribution in [3.63, 3.8) is 0 Å². The van der Waals surface area contributed by atoms with Crippen LogP contribution in [0.4, 0.5) is 4.79 Å². The highest BCUT2D eigenvalue weighted by Gasteiger charge is 2.29. The summed E-state index contributed by atoms with van der Waals surface area (Å²) in [5.41, 5.74) is 2.75. The third-order valence-corrected chi connectivity index (χ3v) is 4.39. The maximum Gasteiger partial charge on any atom is 0.317 e. The number of aromatic hydroxyl groups is 1. The second-order valence-corrected chi connectivity index (χ2v) is 6.29. The molecule has 126 valence electrons. The van der Waals surface area contributed by atoms with E-state index in [1.165, 1.54) is 0 Å². The summed E-state index contributed by atoms with van der Waals surface area (Å²) in [4.78, 5) is 27.2. The zero-order valence-electron chi connectivity index (χ0n) is 14.2. The Hall–Kier alpha value is -2.24. The van der Waals surface area contributed by atoms with Gasteiger partial charge in [0, 0.05) is 26.2 Å². The van der Waals surface area contributed by atoms with Gasteiger partial charge in [-0.3, -0.25) is 4.79 Å². The SMILES string of the molecule is Cc1cc(CCNC(=O)N2CC(=O)N(C)[C@@H](C)C2)cc(C)c1O. The van der Waals surface area contributed by atoms with Gasteiger partial charge < -0.3 is 20.2 Å². The highest BCUT2D eigenvalue weighted by atomic mass is 16.3. The summed E-state index contributed by atoms with van der Waals surface area (Å²) in [5.74, 6) is 0.284. The molecule has 0 spiro atoms. The lowest BCUT2D eigenvalue weighted by molar-refractivity contribution is -0.135. The van der Waals surface area contributed by atoms with Gasteiger partial charge in [-0.2, -0.15) is 0 Å². The highest BCUT2D eigenvalue weighted by molar-refractivity contribution is 5.85. The molecule has 0 radical (unpaired) electrons. The Kier molecular flexibility index (Phi) is 5.13. The summed E-state index contributed by atoms with van der Waals surface area (Å²) < 4.78 is 0. The molecule has 23 heavy (non-hydrogen) atoms. The van der Waals surface area contributed by atoms with Crippen LogP contribution in [0.15, 0.2) is 12.1 Å². The monoisotopic (exact) mass is 319 g/mol. The number of phenolic OH excluding ortho intramolecular Hbond substituents is 1. The molecule has 2 N–H and O–H groups in total. The predicted octanol–water partition coefficient (Wildman–Crippen LogP) is 1.42. The zero-order chi connectivity index (χ0) is 17.1. The first kappa shape index (κ1) is 17.1. The van der Waals surface area contributed by atoms with E-state index in [-0.39, 0.29) is 24.5 Å². The van der Waals surface area contributed by atoms with Crippen molar-refractivity contribution in [2.75, 3.05) is 26.7 Å². The summed E-state index contributed by atoms with van der Waals surface area (Å²) in [7, 11) is 1.76. The minimum absolute atomic E-state index is 0.0318. The lowest BCUT2D eigenvalue weighted by Crippen LogP contribution is -2.57. The molecule has 1 aliphatic rings. The molecule has 0 bridgehead atoms. The number of hydrogen-bond acceptors (Lipinski definition) is 3. The van der Waals surface area contributed by atoms with E-state index in [1.807, 2.05) is 32.9 Å². The van der Waals surface area contributed by atoms with E-state index in [4.69, 9.17) is 0 Å². The highest BCUT2D eigenvalue weighted by Crippen LogP contribution is 2.22. The van der Waals surface area contributed by atoms with E-state index >= 15 is 0 Å². The fraction of sp³-hybridized carbons (Fsp3) is 0.529. The summed E-state index contributed by atoms with van der Waals surface area (Å²) in [6.07, 6.45) is 0.685. The van der Waals surface area contributed by atoms with Gasteiger partial charge in [0.15, 0.2) is 0 Å². The zero-order valence-corrected chi connectivity index (χ0v) is 14.2. The molecule has 0 unspecified atom stereocenters. The lowest BCUT2D eigenvalue weighted by atomic mass is 10.0. The second-order valence-electron chi connectivity index (χ2n) is 6.29. The van der Waals surface area contributed by atoms with Gasteiger partial charge in [0.25, 0.3) is 0 Å². The van der Waals surface area contributed by atoms with Gasteiger partial charge in [0.1, 0.15) is 12.3 Å². The van der Waals surface area contributed by atoms with Crippen molar-refractivity contribution in [2.45, 2.75) is 33.2 Å². The maximum absolute atomic E-state index is 12.2. The number of urea groups is 1. The molecule has 6 heteroatoms. The molecular weight excluding hydrogens is 294 g/mol. The van der Waals surface area contributed by atoms with Gasteiger partial charge in [-0.1, -0.05) is 12.1 Å². The molecule has 1 atom stereocenters. The van der Waals surface area contributed by atoms with Crippen LogP contribution in [0.1, 0.15) is 23.6 Å². The fourth-order valence-corrected chi connectivity index (χ4v) is 2.80. The fourth-order valence-electron chi connectivity index (χ4n) is 2.80. The molecule has 6 nitrogen and oxygen atoms in total. The van der Waals surface area contributed by atoms with E-state index in [0.717, 1.165) is 16.7 Å². The van der Waals surface area contributed by atoms with Crippen molar-refractivity contribution < 1.29 is 14.7 Å². The van der Waals surface area contributed by atoms with E-state index < -0.39 is 0 Å². The summed E-state index contributed by atoms with van der Waals surface area (Å²) in [5, 5.41) is 12.6. The number of rotatable bonds is 3. The smallest absolute Gasteiger partial charge is 0.317 e. The van der Waals surface area contributed by atoms with E-state index in [9.17, 15) is 14.7 Å². The van der Waals surface area contributed by atoms with Gasteiger partial charge in [-0.25, -0.2) is 4.79 Å². The summed E-state index contributed by atoms with van der Waals surface area (Å²) in [6.45, 7) is 6.83. The molecule has 1 aromatic rings. The number of likely N-dealkylation sites (N-methyl/N-ethyl adjacent to an activating group) is 1. The van der Waals surface area contributed by atoms with Crippen molar-refractivity contribution in [2.24, 2.45) is 0 Å². The third kappa shape index (κ3) is 3.94. The molecule has 1 aromatic carbocycles. The predicted molar refractivity (Wildman–Crippen MR) is 88.5 cm³/mol. The molecular formula is C17H25N3O3. The Morgan fingerprint density at radius 3 is 2.52 bits per heavy atom. The number of hydrogen-bond donors (Lipinski definition) is 2. The first-order valence-corrected chi connectivity index (χ1v) is 7.87. The Morgan fingerprint density at radius 1 is 1.35 bits per heavy atom. The Morgan fingerprint density at radius 2 is 1.96 bits per heavy atom. The molecule has 3 amide bonds. The van der Waals surface area contributed by atoms with Crippen molar-refractivity contribution in [1.82, 2.24) is 15.1 Å². The second kappa shape index (κ2) is 6.89. The third-order valence-electron chi connectivity index (χ3n) is 4.39. The van der Waals surface area contributed by atoms with Gasteiger partial charge in [0.2, 0.25) is 5.91 Å². The summed E-state index contributed by atoms with van der Waals surface area (Å²) >= 11 is 0. The normalized spacial score (nSPS) is 18.3. The number of aryl methyl sites for hydroxylation is 2. The van der Waals surface area contributed by atoms with Crippen LogP contribution < -0.4 is 5.32 Å². The molecule has 1 saturated heterocycles. The molecule has 2 rings (SSSR count). The lowest BCUT2D eigenvalue weighted by Gasteiger charge is -2.37. The van der Waals surface area contributed by atoms with Crippen molar-refractivity contribution >= 4 is 11.9 Å². The van der Waals surface area contributed by atoms with Gasteiger partial charge >= 0.3 is 6.03 Å². The van der Waals surface area contributed by atoms with Gasteiger partial charge in [-0.15, -0.1) is 0 Å². The van der Waals surface area contributed by atoms with Crippen LogP contribution in [0.25, 0.3) is 0 Å².